The smallest absolute Gasteiger partial charge is 0.358 e. The van der Waals surface area contributed by atoms with Crippen LogP contribution in [0.15, 0.2) is 6.33 Å². The molecule has 0 aliphatic carbocycles. The minimum absolute atomic E-state index is 0.0168. The van der Waals surface area contributed by atoms with Gasteiger partial charge in [-0.1, -0.05) is 6.92 Å². The van der Waals surface area contributed by atoms with Crippen molar-refractivity contribution in [2.75, 3.05) is 11.4 Å². The molecule has 7 nitrogen and oxygen atoms in total. The second-order valence-corrected chi connectivity index (χ2v) is 6.22. The van der Waals surface area contributed by atoms with E-state index in [0.717, 1.165) is 25.8 Å². The number of nitrogens with one attached hydrogen (secondary N) is 1. The number of aromatic nitrogens is 2. The number of imidazole rings is 1. The van der Waals surface area contributed by atoms with Crippen LogP contribution in [-0.4, -0.2) is 39.1 Å². The Hall–Kier alpha value is -1.63. The second-order valence-electron chi connectivity index (χ2n) is 6.22. The average molecular weight is 293 g/mol. The van der Waals surface area contributed by atoms with Gasteiger partial charge in [-0.05, 0) is 42.0 Å². The van der Waals surface area contributed by atoms with E-state index >= 15 is 0 Å². The van der Waals surface area contributed by atoms with Crippen molar-refractivity contribution in [3.63, 3.8) is 0 Å². The fraction of sp³-hybridized carbons (Fsp3) is 0.786. The van der Waals surface area contributed by atoms with Gasteiger partial charge in [0.1, 0.15) is 0 Å². The molecule has 0 saturated carbocycles. The van der Waals surface area contributed by atoms with Crippen LogP contribution in [0.1, 0.15) is 39.0 Å². The van der Waals surface area contributed by atoms with E-state index < -0.39 is 0 Å². The minimum atomic E-state index is -0.367. The van der Waals surface area contributed by atoms with Gasteiger partial charge in [-0.2, -0.15) is 0 Å². The maximum atomic E-state index is 11.3. The summed E-state index contributed by atoms with van der Waals surface area (Å²) in [6.07, 6.45) is 7.12. The van der Waals surface area contributed by atoms with Crippen molar-refractivity contribution in [3.05, 3.63) is 16.4 Å². The molecule has 2 fully saturated rings. The predicted molar refractivity (Wildman–Crippen MR) is 80.5 cm³/mol. The fourth-order valence-electron chi connectivity index (χ4n) is 3.86. The van der Waals surface area contributed by atoms with Gasteiger partial charge in [-0.25, -0.2) is 0 Å². The number of aryl methyl sites for hydroxylation is 1. The molecule has 2 saturated heterocycles. The molecule has 1 aromatic heterocycles. The zero-order valence-electron chi connectivity index (χ0n) is 12.7. The molecule has 0 radical (unpaired) electrons. The molecule has 0 aromatic carbocycles. The Kier molecular flexibility index (Phi) is 3.84. The van der Waals surface area contributed by atoms with Crippen LogP contribution < -0.4 is 10.2 Å². The van der Waals surface area contributed by atoms with E-state index in [-0.39, 0.29) is 10.7 Å². The molecule has 2 bridgehead atoms. The third-order valence-electron chi connectivity index (χ3n) is 4.69. The van der Waals surface area contributed by atoms with Crippen molar-refractivity contribution in [2.45, 2.75) is 57.2 Å². The van der Waals surface area contributed by atoms with Crippen LogP contribution in [-0.2, 0) is 7.05 Å². The summed E-state index contributed by atoms with van der Waals surface area (Å²) in [4.78, 5) is 17.1. The summed E-state index contributed by atoms with van der Waals surface area (Å²) < 4.78 is 1.79. The zero-order chi connectivity index (χ0) is 15.0. The van der Waals surface area contributed by atoms with Gasteiger partial charge < -0.3 is 20.3 Å². The van der Waals surface area contributed by atoms with E-state index in [1.54, 1.807) is 10.9 Å². The molecule has 7 heteroatoms. The first kappa shape index (κ1) is 14.3. The van der Waals surface area contributed by atoms with E-state index in [1.165, 1.54) is 12.8 Å². The summed E-state index contributed by atoms with van der Waals surface area (Å²) in [5, 5.41) is 14.9. The van der Waals surface area contributed by atoms with Crippen molar-refractivity contribution < 1.29 is 4.92 Å². The number of rotatable bonds is 5. The number of hydrogen-bond acceptors (Lipinski definition) is 5. The van der Waals surface area contributed by atoms with Crippen LogP contribution in [0.2, 0.25) is 0 Å². The first-order chi connectivity index (χ1) is 10.1. The van der Waals surface area contributed by atoms with Crippen molar-refractivity contribution in [1.82, 2.24) is 14.9 Å². The van der Waals surface area contributed by atoms with Gasteiger partial charge in [0.15, 0.2) is 0 Å². The highest BCUT2D eigenvalue weighted by molar-refractivity contribution is 5.55. The first-order valence-corrected chi connectivity index (χ1v) is 7.78. The molecular formula is C14H23N5O2. The van der Waals surface area contributed by atoms with Gasteiger partial charge >= 0.3 is 5.82 Å². The Morgan fingerprint density at radius 1 is 1.48 bits per heavy atom. The maximum Gasteiger partial charge on any atom is 0.406 e. The van der Waals surface area contributed by atoms with Gasteiger partial charge in [0.05, 0.1) is 0 Å². The Bertz CT molecular complexity index is 517. The van der Waals surface area contributed by atoms with Gasteiger partial charge in [-0.3, -0.25) is 4.57 Å². The first-order valence-electron chi connectivity index (χ1n) is 7.78. The molecule has 0 amide bonds. The molecule has 2 unspecified atom stereocenters. The third kappa shape index (κ3) is 2.62. The number of fused-ring (bicyclic) bond motifs is 2. The lowest BCUT2D eigenvalue weighted by Crippen LogP contribution is -2.49. The van der Waals surface area contributed by atoms with Gasteiger partial charge in [0, 0.05) is 31.7 Å². The van der Waals surface area contributed by atoms with Gasteiger partial charge in [-0.15, -0.1) is 0 Å². The molecule has 3 heterocycles. The molecule has 116 valence electrons. The van der Waals surface area contributed by atoms with Crippen LogP contribution in [0.25, 0.3) is 0 Å². The summed E-state index contributed by atoms with van der Waals surface area (Å²) >= 11 is 0. The predicted octanol–water partition coefficient (Wildman–Crippen LogP) is 1.83. The third-order valence-corrected chi connectivity index (χ3v) is 4.69. The number of nitro groups is 1. The number of nitrogens with zero attached hydrogens (tertiary/aromatic N) is 4. The van der Waals surface area contributed by atoms with Crippen LogP contribution in [0.4, 0.5) is 11.6 Å². The van der Waals surface area contributed by atoms with Crippen LogP contribution in [0.3, 0.4) is 0 Å². The highest BCUT2D eigenvalue weighted by Crippen LogP contribution is 2.35. The normalized spacial score (nSPS) is 27.8. The Morgan fingerprint density at radius 3 is 2.71 bits per heavy atom. The average Bonchev–Trinajstić information content (AvgIpc) is 2.99. The molecule has 2 aliphatic rings. The molecule has 1 aromatic rings. The van der Waals surface area contributed by atoms with E-state index in [1.807, 2.05) is 7.05 Å². The van der Waals surface area contributed by atoms with Gasteiger partial charge in [0.2, 0.25) is 12.1 Å². The standard InChI is InChI=1S/C14H23N5O2/c1-3-6-18(12-7-10-4-5-11(8-12)16-10)14-13(19(20)21)15-9-17(14)2/h9-12,16H,3-8H2,1-2H3. The van der Waals surface area contributed by atoms with Crippen LogP contribution in [0, 0.1) is 10.1 Å². The van der Waals surface area contributed by atoms with E-state index in [2.05, 4.69) is 22.1 Å². The highest BCUT2D eigenvalue weighted by atomic mass is 16.6. The number of hydrogen-bond donors (Lipinski definition) is 1. The Balaban J connectivity index is 1.91. The quantitative estimate of drug-likeness (QED) is 0.662. The molecule has 2 aliphatic heterocycles. The lowest BCUT2D eigenvalue weighted by molar-refractivity contribution is -0.388. The lowest BCUT2D eigenvalue weighted by atomic mass is 9.98. The molecule has 2 atom stereocenters. The summed E-state index contributed by atoms with van der Waals surface area (Å²) in [6.45, 7) is 2.95. The van der Waals surface area contributed by atoms with Crippen molar-refractivity contribution in [1.29, 1.82) is 0 Å². The SMILES string of the molecule is CCCN(c1c([N+](=O)[O-])ncn1C)C1CC2CCC(C1)N2. The van der Waals surface area contributed by atoms with E-state index in [4.69, 9.17) is 0 Å². The molecule has 21 heavy (non-hydrogen) atoms. The molecule has 3 rings (SSSR count). The highest BCUT2D eigenvalue weighted by Gasteiger charge is 2.38. The van der Waals surface area contributed by atoms with Crippen molar-refractivity contribution in [2.24, 2.45) is 7.05 Å². The molecule has 0 spiro atoms. The lowest BCUT2D eigenvalue weighted by Gasteiger charge is -2.38. The summed E-state index contributed by atoms with van der Waals surface area (Å²) in [6, 6.07) is 1.51. The van der Waals surface area contributed by atoms with Gasteiger partial charge in [0.25, 0.3) is 0 Å². The van der Waals surface area contributed by atoms with Crippen molar-refractivity contribution in [3.8, 4) is 0 Å². The Morgan fingerprint density at radius 2 is 2.14 bits per heavy atom. The molecular weight excluding hydrogens is 270 g/mol. The second kappa shape index (κ2) is 5.63. The van der Waals surface area contributed by atoms with Crippen molar-refractivity contribution >= 4 is 11.6 Å². The number of anilines is 1. The van der Waals surface area contributed by atoms with Crippen LogP contribution >= 0.6 is 0 Å². The van der Waals surface area contributed by atoms with Crippen LogP contribution in [0.5, 0.6) is 0 Å². The number of piperidine rings is 1. The largest absolute Gasteiger partial charge is 0.406 e. The maximum absolute atomic E-state index is 11.3. The Labute approximate surface area is 124 Å². The summed E-state index contributed by atoms with van der Waals surface area (Å²) in [5.74, 6) is 0.643. The zero-order valence-corrected chi connectivity index (χ0v) is 12.7. The summed E-state index contributed by atoms with van der Waals surface area (Å²) in [7, 11) is 1.84. The van der Waals surface area contributed by atoms with E-state index in [9.17, 15) is 10.1 Å². The molecule has 1 N–H and O–H groups in total. The topological polar surface area (TPSA) is 76.2 Å². The minimum Gasteiger partial charge on any atom is -0.358 e. The van der Waals surface area contributed by atoms with E-state index in [0.29, 0.717) is 23.9 Å². The monoisotopic (exact) mass is 293 g/mol. The fourth-order valence-corrected chi connectivity index (χ4v) is 3.86. The summed E-state index contributed by atoms with van der Waals surface area (Å²) in [5.41, 5.74) is 0.